The molecule has 4 N–H and O–H groups in total. The van der Waals surface area contributed by atoms with Crippen molar-refractivity contribution in [3.05, 3.63) is 46.2 Å². The minimum absolute atomic E-state index is 0.270. The van der Waals surface area contributed by atoms with Crippen molar-refractivity contribution < 1.29 is 19.5 Å². The fraction of sp³-hybridized carbons (Fsp3) is 0.353. The molecule has 1 atom stereocenters. The Morgan fingerprint density at radius 3 is 2.76 bits per heavy atom. The summed E-state index contributed by atoms with van der Waals surface area (Å²) >= 11 is 1.32. The number of nitrogens with two attached hydrogens (primary N) is 1. The maximum atomic E-state index is 11.1. The van der Waals surface area contributed by atoms with Gasteiger partial charge in [-0.05, 0) is 36.4 Å². The van der Waals surface area contributed by atoms with Gasteiger partial charge in [0.1, 0.15) is 0 Å². The summed E-state index contributed by atoms with van der Waals surface area (Å²) in [6.45, 7) is 2.02. The van der Waals surface area contributed by atoms with Crippen LogP contribution in [0.25, 0.3) is 0 Å². The van der Waals surface area contributed by atoms with Crippen LogP contribution in [-0.4, -0.2) is 43.6 Å². The van der Waals surface area contributed by atoms with E-state index in [1.54, 1.807) is 11.1 Å². The number of nitrogens with zero attached hydrogens (tertiary/aromatic N) is 1. The van der Waals surface area contributed by atoms with Gasteiger partial charge in [0.05, 0.1) is 29.8 Å². The van der Waals surface area contributed by atoms with E-state index >= 15 is 0 Å². The van der Waals surface area contributed by atoms with Gasteiger partial charge in [-0.2, -0.15) is 0 Å². The molecule has 1 aliphatic rings. The fourth-order valence-corrected chi connectivity index (χ4v) is 3.41. The van der Waals surface area contributed by atoms with E-state index in [4.69, 9.17) is 15.3 Å². The SMILES string of the molecule is NC(=O)c1ccc(CC(O)CNc2ccc(N3CCOCO3)cc2)s1. The number of carbonyl (C=O) groups excluding carboxylic acids is 1. The van der Waals surface area contributed by atoms with E-state index in [0.717, 1.165) is 16.3 Å². The van der Waals surface area contributed by atoms with Crippen molar-refractivity contribution in [2.75, 3.05) is 36.9 Å². The standard InChI is InChI=1S/C17H21N3O4S/c18-17(22)16-6-5-15(25-16)9-14(21)10-19-12-1-3-13(4-2-12)20-7-8-23-11-24-20/h1-6,14,19,21H,7-11H2,(H2,18,22). The number of hydrogen-bond acceptors (Lipinski definition) is 7. The molecule has 0 saturated carbocycles. The lowest BCUT2D eigenvalue weighted by Crippen LogP contribution is -2.34. The van der Waals surface area contributed by atoms with Crippen LogP contribution >= 0.6 is 11.3 Å². The first-order valence-electron chi connectivity index (χ1n) is 8.00. The number of aliphatic hydroxyl groups is 1. The Bertz CT molecular complexity index is 698. The van der Waals surface area contributed by atoms with Gasteiger partial charge in [-0.1, -0.05) is 0 Å². The van der Waals surface area contributed by atoms with Crippen LogP contribution in [0.15, 0.2) is 36.4 Å². The number of rotatable bonds is 7. The normalized spacial score (nSPS) is 15.8. The van der Waals surface area contributed by atoms with E-state index in [2.05, 4.69) is 5.32 Å². The zero-order valence-electron chi connectivity index (χ0n) is 13.7. The molecule has 0 radical (unpaired) electrons. The Labute approximate surface area is 149 Å². The monoisotopic (exact) mass is 363 g/mol. The highest BCUT2D eigenvalue weighted by Crippen LogP contribution is 2.20. The van der Waals surface area contributed by atoms with Crippen molar-refractivity contribution in [1.29, 1.82) is 0 Å². The van der Waals surface area contributed by atoms with E-state index in [1.807, 2.05) is 30.3 Å². The van der Waals surface area contributed by atoms with Gasteiger partial charge < -0.3 is 20.9 Å². The topological polar surface area (TPSA) is 97.1 Å². The minimum Gasteiger partial charge on any atom is -0.391 e. The summed E-state index contributed by atoms with van der Waals surface area (Å²) in [6.07, 6.45) is -0.0772. The molecule has 1 unspecified atom stereocenters. The Hall–Kier alpha value is -2.13. The Morgan fingerprint density at radius 2 is 2.12 bits per heavy atom. The molecule has 1 fully saturated rings. The number of hydrogen-bond donors (Lipinski definition) is 3. The first-order chi connectivity index (χ1) is 12.1. The quantitative estimate of drug-likeness (QED) is 0.691. The lowest BCUT2D eigenvalue weighted by Gasteiger charge is -2.27. The number of nitrogens with one attached hydrogen (secondary N) is 1. The van der Waals surface area contributed by atoms with Crippen LogP contribution in [0.1, 0.15) is 14.5 Å². The van der Waals surface area contributed by atoms with Gasteiger partial charge in [0.25, 0.3) is 5.91 Å². The molecule has 2 heterocycles. The van der Waals surface area contributed by atoms with E-state index in [0.29, 0.717) is 31.0 Å². The number of aliphatic hydroxyl groups excluding tert-OH is 1. The molecule has 1 aromatic carbocycles. The summed E-state index contributed by atoms with van der Waals surface area (Å²) in [4.78, 5) is 17.9. The molecular formula is C17H21N3O4S. The zero-order chi connectivity index (χ0) is 17.6. The predicted molar refractivity (Wildman–Crippen MR) is 96.7 cm³/mol. The van der Waals surface area contributed by atoms with Gasteiger partial charge in [-0.25, -0.2) is 9.90 Å². The van der Waals surface area contributed by atoms with Gasteiger partial charge in [-0.3, -0.25) is 4.79 Å². The summed E-state index contributed by atoms with van der Waals surface area (Å²) in [7, 11) is 0. The number of ether oxygens (including phenoxy) is 1. The van der Waals surface area contributed by atoms with Crippen LogP contribution in [0.3, 0.4) is 0 Å². The lowest BCUT2D eigenvalue weighted by atomic mass is 10.2. The smallest absolute Gasteiger partial charge is 0.258 e. The zero-order valence-corrected chi connectivity index (χ0v) is 14.5. The molecule has 7 nitrogen and oxygen atoms in total. The third-order valence-electron chi connectivity index (χ3n) is 3.77. The minimum atomic E-state index is -0.554. The number of hydroxylamine groups is 1. The van der Waals surface area contributed by atoms with E-state index in [1.165, 1.54) is 11.3 Å². The molecule has 1 saturated heterocycles. The third kappa shape index (κ3) is 4.93. The van der Waals surface area contributed by atoms with Gasteiger partial charge in [0, 0.05) is 23.5 Å². The molecular weight excluding hydrogens is 342 g/mol. The highest BCUT2D eigenvalue weighted by molar-refractivity contribution is 7.14. The highest BCUT2D eigenvalue weighted by Gasteiger charge is 2.13. The van der Waals surface area contributed by atoms with Crippen LogP contribution in [-0.2, 0) is 16.0 Å². The van der Waals surface area contributed by atoms with Crippen LogP contribution in [0, 0.1) is 0 Å². The molecule has 1 aliphatic heterocycles. The molecule has 8 heteroatoms. The third-order valence-corrected chi connectivity index (χ3v) is 4.89. The van der Waals surface area contributed by atoms with Crippen molar-refractivity contribution in [1.82, 2.24) is 0 Å². The Balaban J connectivity index is 1.47. The summed E-state index contributed by atoms with van der Waals surface area (Å²) in [5.41, 5.74) is 7.12. The van der Waals surface area contributed by atoms with Crippen molar-refractivity contribution in [2.45, 2.75) is 12.5 Å². The lowest BCUT2D eigenvalue weighted by molar-refractivity contribution is -0.102. The van der Waals surface area contributed by atoms with Crippen LogP contribution in [0.5, 0.6) is 0 Å². The van der Waals surface area contributed by atoms with Crippen molar-refractivity contribution in [2.24, 2.45) is 5.73 Å². The molecule has 0 bridgehead atoms. The molecule has 0 aliphatic carbocycles. The first kappa shape index (κ1) is 17.7. The summed E-state index contributed by atoms with van der Waals surface area (Å²) in [5, 5.41) is 15.2. The van der Waals surface area contributed by atoms with Gasteiger partial charge in [0.2, 0.25) is 0 Å². The number of carbonyl (C=O) groups is 1. The second-order valence-electron chi connectivity index (χ2n) is 5.67. The number of anilines is 2. The van der Waals surface area contributed by atoms with Crippen molar-refractivity contribution in [3.8, 4) is 0 Å². The number of benzene rings is 1. The van der Waals surface area contributed by atoms with E-state index < -0.39 is 12.0 Å². The fourth-order valence-electron chi connectivity index (χ4n) is 2.48. The van der Waals surface area contributed by atoms with E-state index in [-0.39, 0.29) is 6.79 Å². The Morgan fingerprint density at radius 1 is 1.32 bits per heavy atom. The van der Waals surface area contributed by atoms with Crippen LogP contribution < -0.4 is 16.1 Å². The van der Waals surface area contributed by atoms with Crippen molar-refractivity contribution >= 4 is 28.6 Å². The maximum Gasteiger partial charge on any atom is 0.258 e. The predicted octanol–water partition coefficient (Wildman–Crippen LogP) is 1.59. The summed E-state index contributed by atoms with van der Waals surface area (Å²) < 4.78 is 5.14. The summed E-state index contributed by atoms with van der Waals surface area (Å²) in [6, 6.07) is 11.3. The molecule has 25 heavy (non-hydrogen) atoms. The molecule has 3 rings (SSSR count). The Kier molecular flexibility index (Phi) is 5.87. The average molecular weight is 363 g/mol. The first-order valence-corrected chi connectivity index (χ1v) is 8.82. The molecule has 2 aromatic rings. The number of amides is 1. The second kappa shape index (κ2) is 8.30. The number of primary amides is 1. The van der Waals surface area contributed by atoms with Crippen LogP contribution in [0.4, 0.5) is 11.4 Å². The summed E-state index contributed by atoms with van der Waals surface area (Å²) in [5.74, 6) is -0.437. The molecule has 0 spiro atoms. The highest BCUT2D eigenvalue weighted by atomic mass is 32.1. The van der Waals surface area contributed by atoms with Crippen molar-refractivity contribution in [3.63, 3.8) is 0 Å². The second-order valence-corrected chi connectivity index (χ2v) is 6.84. The average Bonchev–Trinajstić information content (AvgIpc) is 3.10. The maximum absolute atomic E-state index is 11.1. The van der Waals surface area contributed by atoms with Crippen LogP contribution in [0.2, 0.25) is 0 Å². The van der Waals surface area contributed by atoms with E-state index in [9.17, 15) is 9.90 Å². The van der Waals surface area contributed by atoms with Gasteiger partial charge in [-0.15, -0.1) is 11.3 Å². The molecule has 1 amide bonds. The van der Waals surface area contributed by atoms with Gasteiger partial charge >= 0.3 is 0 Å². The number of thiophene rings is 1. The largest absolute Gasteiger partial charge is 0.391 e. The molecule has 134 valence electrons. The molecule has 1 aromatic heterocycles. The van der Waals surface area contributed by atoms with Gasteiger partial charge in [0.15, 0.2) is 6.79 Å².